The van der Waals surface area contributed by atoms with E-state index in [2.05, 4.69) is 10.5 Å². The SMILES string of the molecule is O=C(CCCO)N/N=C/c1csc([N+](=O)[O-])c1. The minimum Gasteiger partial charge on any atom is -0.396 e. The Bertz CT molecular complexity index is 430. The average Bonchev–Trinajstić information content (AvgIpc) is 2.75. The van der Waals surface area contributed by atoms with Gasteiger partial charge in [0.25, 0.3) is 0 Å². The molecule has 0 radical (unpaired) electrons. The van der Waals surface area contributed by atoms with E-state index in [0.717, 1.165) is 11.3 Å². The highest BCUT2D eigenvalue weighted by Gasteiger charge is 2.07. The Kier molecular flexibility index (Phi) is 5.24. The van der Waals surface area contributed by atoms with Crippen molar-refractivity contribution in [2.45, 2.75) is 12.8 Å². The first-order valence-electron chi connectivity index (χ1n) is 4.79. The molecule has 0 saturated heterocycles. The van der Waals surface area contributed by atoms with Crippen molar-refractivity contribution in [2.75, 3.05) is 6.61 Å². The minimum absolute atomic E-state index is 0.0260. The highest BCUT2D eigenvalue weighted by molar-refractivity contribution is 7.13. The first-order valence-corrected chi connectivity index (χ1v) is 5.67. The Hall–Kier alpha value is -1.80. The Labute approximate surface area is 101 Å². The fourth-order valence-electron chi connectivity index (χ4n) is 0.977. The summed E-state index contributed by atoms with van der Waals surface area (Å²) in [6, 6.07) is 1.37. The number of aliphatic hydroxyl groups is 1. The highest BCUT2D eigenvalue weighted by atomic mass is 32.1. The summed E-state index contributed by atoms with van der Waals surface area (Å²) in [6.45, 7) is -0.0478. The summed E-state index contributed by atoms with van der Waals surface area (Å²) >= 11 is 0.994. The van der Waals surface area contributed by atoms with Crippen molar-refractivity contribution >= 4 is 28.5 Å². The van der Waals surface area contributed by atoms with E-state index in [1.54, 1.807) is 5.38 Å². The Morgan fingerprint density at radius 3 is 3.06 bits per heavy atom. The van der Waals surface area contributed by atoms with Crippen LogP contribution in [0, 0.1) is 10.1 Å². The molecule has 1 heterocycles. The smallest absolute Gasteiger partial charge is 0.324 e. The maximum atomic E-state index is 11.1. The van der Waals surface area contributed by atoms with Crippen LogP contribution in [0.1, 0.15) is 18.4 Å². The van der Waals surface area contributed by atoms with Crippen LogP contribution in [0.15, 0.2) is 16.5 Å². The molecule has 7 nitrogen and oxygen atoms in total. The Morgan fingerprint density at radius 2 is 2.47 bits per heavy atom. The number of carbonyl (C=O) groups is 1. The molecule has 1 amide bonds. The molecule has 8 heteroatoms. The third kappa shape index (κ3) is 4.70. The van der Waals surface area contributed by atoms with E-state index in [4.69, 9.17) is 5.11 Å². The van der Waals surface area contributed by atoms with E-state index >= 15 is 0 Å². The zero-order chi connectivity index (χ0) is 12.7. The van der Waals surface area contributed by atoms with Gasteiger partial charge in [-0.3, -0.25) is 14.9 Å². The largest absolute Gasteiger partial charge is 0.396 e. The van der Waals surface area contributed by atoms with Gasteiger partial charge >= 0.3 is 5.00 Å². The monoisotopic (exact) mass is 257 g/mol. The van der Waals surface area contributed by atoms with E-state index in [1.165, 1.54) is 12.3 Å². The molecule has 0 aliphatic rings. The number of hydrogen-bond acceptors (Lipinski definition) is 6. The summed E-state index contributed by atoms with van der Waals surface area (Å²) in [6.07, 6.45) is 1.91. The summed E-state index contributed by atoms with van der Waals surface area (Å²) in [7, 11) is 0. The van der Waals surface area contributed by atoms with Crippen LogP contribution in [0.2, 0.25) is 0 Å². The molecule has 0 atom stereocenters. The maximum Gasteiger partial charge on any atom is 0.324 e. The summed E-state index contributed by atoms with van der Waals surface area (Å²) in [5.41, 5.74) is 2.82. The molecule has 0 unspecified atom stereocenters. The Balaban J connectivity index is 2.42. The fourth-order valence-corrected chi connectivity index (χ4v) is 1.65. The second-order valence-electron chi connectivity index (χ2n) is 3.10. The number of amides is 1. The molecular formula is C9H11N3O4S. The van der Waals surface area contributed by atoms with Crippen LogP contribution in [0.5, 0.6) is 0 Å². The number of nitrogens with one attached hydrogen (secondary N) is 1. The highest BCUT2D eigenvalue weighted by Crippen LogP contribution is 2.21. The van der Waals surface area contributed by atoms with Crippen LogP contribution in [0.3, 0.4) is 0 Å². The molecule has 17 heavy (non-hydrogen) atoms. The Morgan fingerprint density at radius 1 is 1.71 bits per heavy atom. The predicted octanol–water partition coefficient (Wildman–Crippen LogP) is 0.879. The lowest BCUT2D eigenvalue weighted by Crippen LogP contribution is -2.17. The van der Waals surface area contributed by atoms with Gasteiger partial charge in [-0.25, -0.2) is 5.43 Å². The third-order valence-electron chi connectivity index (χ3n) is 1.75. The van der Waals surface area contributed by atoms with Crippen LogP contribution in [-0.4, -0.2) is 28.8 Å². The molecule has 1 aromatic heterocycles. The first-order chi connectivity index (χ1) is 8.13. The van der Waals surface area contributed by atoms with E-state index < -0.39 is 4.92 Å². The van der Waals surface area contributed by atoms with Gasteiger partial charge in [0, 0.05) is 30.0 Å². The number of nitro groups is 1. The van der Waals surface area contributed by atoms with E-state index in [1.807, 2.05) is 0 Å². The summed E-state index contributed by atoms with van der Waals surface area (Å²) < 4.78 is 0. The van der Waals surface area contributed by atoms with Crippen molar-refractivity contribution in [3.63, 3.8) is 0 Å². The fraction of sp³-hybridized carbons (Fsp3) is 0.333. The number of thiophene rings is 1. The molecule has 0 saturated carbocycles. The van der Waals surface area contributed by atoms with Gasteiger partial charge in [0.15, 0.2) is 0 Å². The number of hydrogen-bond donors (Lipinski definition) is 2. The van der Waals surface area contributed by atoms with Gasteiger partial charge in [0.05, 0.1) is 11.1 Å². The molecule has 0 spiro atoms. The topological polar surface area (TPSA) is 105 Å². The second-order valence-corrected chi connectivity index (χ2v) is 3.99. The van der Waals surface area contributed by atoms with Gasteiger partial charge in [-0.05, 0) is 6.42 Å². The molecule has 1 rings (SSSR count). The van der Waals surface area contributed by atoms with E-state index in [0.29, 0.717) is 12.0 Å². The molecule has 0 aromatic carbocycles. The molecule has 0 aliphatic carbocycles. The van der Waals surface area contributed by atoms with Gasteiger partial charge in [-0.1, -0.05) is 11.3 Å². The van der Waals surface area contributed by atoms with Gasteiger partial charge in [0.1, 0.15) is 0 Å². The van der Waals surface area contributed by atoms with Gasteiger partial charge in [-0.2, -0.15) is 5.10 Å². The number of hydrazone groups is 1. The van der Waals surface area contributed by atoms with Crippen LogP contribution in [0.4, 0.5) is 5.00 Å². The molecule has 1 aromatic rings. The average molecular weight is 257 g/mol. The maximum absolute atomic E-state index is 11.1. The lowest BCUT2D eigenvalue weighted by atomic mass is 10.3. The first kappa shape index (κ1) is 13.3. The normalized spacial score (nSPS) is 10.6. The van der Waals surface area contributed by atoms with E-state index in [-0.39, 0.29) is 23.9 Å². The van der Waals surface area contributed by atoms with Crippen molar-refractivity contribution < 1.29 is 14.8 Å². The molecule has 92 valence electrons. The summed E-state index contributed by atoms with van der Waals surface area (Å²) in [5.74, 6) is -0.306. The minimum atomic E-state index is -0.484. The zero-order valence-corrected chi connectivity index (χ0v) is 9.64. The van der Waals surface area contributed by atoms with Crippen molar-refractivity contribution in [3.05, 3.63) is 27.1 Å². The molecule has 0 bridgehead atoms. The van der Waals surface area contributed by atoms with Crippen molar-refractivity contribution in [2.24, 2.45) is 5.10 Å². The molecule has 0 aliphatic heterocycles. The van der Waals surface area contributed by atoms with Crippen LogP contribution >= 0.6 is 11.3 Å². The molecule has 0 fully saturated rings. The summed E-state index contributed by atoms with van der Waals surface area (Å²) in [5, 5.41) is 24.1. The number of carbonyl (C=O) groups excluding carboxylic acids is 1. The van der Waals surface area contributed by atoms with Gasteiger partial charge < -0.3 is 5.11 Å². The van der Waals surface area contributed by atoms with Crippen LogP contribution in [0.25, 0.3) is 0 Å². The zero-order valence-electron chi connectivity index (χ0n) is 8.83. The lowest BCUT2D eigenvalue weighted by molar-refractivity contribution is -0.380. The predicted molar refractivity (Wildman–Crippen MR) is 63.0 cm³/mol. The standard InChI is InChI=1S/C9H11N3O4S/c13-3-1-2-8(14)11-10-5-7-4-9(12(15)16)17-6-7/h4-6,13H,1-3H2,(H,11,14)/b10-5+. The third-order valence-corrected chi connectivity index (χ3v) is 2.65. The second kappa shape index (κ2) is 6.71. The van der Waals surface area contributed by atoms with Crippen molar-refractivity contribution in [3.8, 4) is 0 Å². The van der Waals surface area contributed by atoms with E-state index in [9.17, 15) is 14.9 Å². The van der Waals surface area contributed by atoms with Crippen LogP contribution < -0.4 is 5.43 Å². The summed E-state index contributed by atoms with van der Waals surface area (Å²) in [4.78, 5) is 21.0. The number of nitrogens with zero attached hydrogens (tertiary/aromatic N) is 2. The lowest BCUT2D eigenvalue weighted by Gasteiger charge is -1.96. The number of aliphatic hydroxyl groups excluding tert-OH is 1. The van der Waals surface area contributed by atoms with Crippen molar-refractivity contribution in [1.29, 1.82) is 0 Å². The molecule has 2 N–H and O–H groups in total. The molecular weight excluding hydrogens is 246 g/mol. The number of rotatable bonds is 6. The quantitative estimate of drug-likeness (QED) is 0.448. The van der Waals surface area contributed by atoms with Crippen LogP contribution in [-0.2, 0) is 4.79 Å². The van der Waals surface area contributed by atoms with Gasteiger partial charge in [0.2, 0.25) is 5.91 Å². The van der Waals surface area contributed by atoms with Gasteiger partial charge in [-0.15, -0.1) is 0 Å². The van der Waals surface area contributed by atoms with Crippen molar-refractivity contribution in [1.82, 2.24) is 5.43 Å².